The second-order valence-corrected chi connectivity index (χ2v) is 6.52. The van der Waals surface area contributed by atoms with Crippen LogP contribution in [0.15, 0.2) is 41.0 Å². The second-order valence-electron chi connectivity index (χ2n) is 6.52. The minimum absolute atomic E-state index is 0.0295. The van der Waals surface area contributed by atoms with Gasteiger partial charge in [0.25, 0.3) is 5.91 Å². The van der Waals surface area contributed by atoms with E-state index in [2.05, 4.69) is 10.3 Å². The Morgan fingerprint density at radius 1 is 1.28 bits per heavy atom. The van der Waals surface area contributed by atoms with Crippen molar-refractivity contribution in [2.45, 2.75) is 38.8 Å². The van der Waals surface area contributed by atoms with Gasteiger partial charge >= 0.3 is 5.97 Å². The maximum atomic E-state index is 12.2. The SMILES string of the molecule is CC(C)(C)OCCC(NC(=O)c1coc(-c2ccccc2)n1)C(=O)O. The Labute approximate surface area is 146 Å². The van der Waals surface area contributed by atoms with Crippen LogP contribution in [0.2, 0.25) is 0 Å². The van der Waals surface area contributed by atoms with Crippen molar-refractivity contribution in [2.24, 2.45) is 0 Å². The zero-order chi connectivity index (χ0) is 18.4. The molecule has 1 aromatic carbocycles. The summed E-state index contributed by atoms with van der Waals surface area (Å²) in [7, 11) is 0. The molecule has 2 rings (SSSR count). The number of hydrogen-bond donors (Lipinski definition) is 2. The van der Waals surface area contributed by atoms with Gasteiger partial charge in [0.2, 0.25) is 5.89 Å². The molecule has 2 aromatic rings. The Kier molecular flexibility index (Phi) is 5.93. The van der Waals surface area contributed by atoms with Crippen LogP contribution in [0.4, 0.5) is 0 Å². The van der Waals surface area contributed by atoms with Gasteiger partial charge in [-0.1, -0.05) is 18.2 Å². The summed E-state index contributed by atoms with van der Waals surface area (Å²) in [6.45, 7) is 5.85. The van der Waals surface area contributed by atoms with Gasteiger partial charge < -0.3 is 19.6 Å². The molecular weight excluding hydrogens is 324 g/mol. The lowest BCUT2D eigenvalue weighted by Crippen LogP contribution is -2.42. The highest BCUT2D eigenvalue weighted by Crippen LogP contribution is 2.18. The third-order valence-electron chi connectivity index (χ3n) is 3.30. The molecule has 1 unspecified atom stereocenters. The number of nitrogens with zero attached hydrogens (tertiary/aromatic N) is 1. The number of oxazole rings is 1. The predicted octanol–water partition coefficient (Wildman–Crippen LogP) is 2.73. The summed E-state index contributed by atoms with van der Waals surface area (Å²) in [6.07, 6.45) is 1.37. The Balaban J connectivity index is 1.99. The van der Waals surface area contributed by atoms with Gasteiger partial charge in [-0.2, -0.15) is 0 Å². The van der Waals surface area contributed by atoms with Crippen molar-refractivity contribution in [1.82, 2.24) is 10.3 Å². The highest BCUT2D eigenvalue weighted by molar-refractivity contribution is 5.95. The third-order valence-corrected chi connectivity index (χ3v) is 3.30. The number of hydrogen-bond acceptors (Lipinski definition) is 5. The Bertz CT molecular complexity index is 719. The second kappa shape index (κ2) is 7.94. The molecule has 0 saturated carbocycles. The van der Waals surface area contributed by atoms with Crippen LogP contribution in [0.25, 0.3) is 11.5 Å². The van der Waals surface area contributed by atoms with Crippen molar-refractivity contribution < 1.29 is 23.8 Å². The van der Waals surface area contributed by atoms with Crippen molar-refractivity contribution in [3.8, 4) is 11.5 Å². The molecule has 7 nitrogen and oxygen atoms in total. The molecule has 0 radical (unpaired) electrons. The van der Waals surface area contributed by atoms with Gasteiger partial charge in [-0.15, -0.1) is 0 Å². The zero-order valence-electron chi connectivity index (χ0n) is 14.5. The van der Waals surface area contributed by atoms with Crippen molar-refractivity contribution in [1.29, 1.82) is 0 Å². The summed E-state index contributed by atoms with van der Waals surface area (Å²) < 4.78 is 10.8. The number of carboxylic acid groups (broad SMARTS) is 1. The molecule has 0 aliphatic heterocycles. The molecule has 134 valence electrons. The van der Waals surface area contributed by atoms with Crippen molar-refractivity contribution in [3.05, 3.63) is 42.3 Å². The summed E-state index contributed by atoms with van der Waals surface area (Å²) >= 11 is 0. The van der Waals surface area contributed by atoms with Gasteiger partial charge in [0.15, 0.2) is 5.69 Å². The first-order valence-corrected chi connectivity index (χ1v) is 7.95. The fraction of sp³-hybridized carbons (Fsp3) is 0.389. The van der Waals surface area contributed by atoms with E-state index < -0.39 is 17.9 Å². The van der Waals surface area contributed by atoms with Crippen LogP contribution in [0.1, 0.15) is 37.7 Å². The predicted molar refractivity (Wildman–Crippen MR) is 91.2 cm³/mol. The van der Waals surface area contributed by atoms with Crippen molar-refractivity contribution >= 4 is 11.9 Å². The van der Waals surface area contributed by atoms with E-state index in [4.69, 9.17) is 9.15 Å². The number of aromatic nitrogens is 1. The lowest BCUT2D eigenvalue weighted by Gasteiger charge is -2.21. The van der Waals surface area contributed by atoms with Gasteiger partial charge in [-0.3, -0.25) is 4.79 Å². The number of carbonyl (C=O) groups excluding carboxylic acids is 1. The van der Waals surface area contributed by atoms with Gasteiger partial charge in [-0.05, 0) is 32.9 Å². The van der Waals surface area contributed by atoms with E-state index in [-0.39, 0.29) is 24.3 Å². The summed E-state index contributed by atoms with van der Waals surface area (Å²) in [5, 5.41) is 11.7. The monoisotopic (exact) mass is 346 g/mol. The fourth-order valence-electron chi connectivity index (χ4n) is 2.06. The molecule has 1 aromatic heterocycles. The first kappa shape index (κ1) is 18.7. The van der Waals surface area contributed by atoms with Crippen LogP contribution in [-0.4, -0.2) is 40.2 Å². The quantitative estimate of drug-likeness (QED) is 0.799. The van der Waals surface area contributed by atoms with Gasteiger partial charge in [0.1, 0.15) is 12.3 Å². The van der Waals surface area contributed by atoms with Crippen LogP contribution < -0.4 is 5.32 Å². The maximum absolute atomic E-state index is 12.2. The number of nitrogens with one attached hydrogen (secondary N) is 1. The van der Waals surface area contributed by atoms with Crippen LogP contribution in [-0.2, 0) is 9.53 Å². The maximum Gasteiger partial charge on any atom is 0.326 e. The van der Waals surface area contributed by atoms with Gasteiger partial charge in [0, 0.05) is 18.6 Å². The minimum Gasteiger partial charge on any atom is -0.480 e. The molecule has 2 N–H and O–H groups in total. The molecule has 1 amide bonds. The summed E-state index contributed by atoms with van der Waals surface area (Å²) in [4.78, 5) is 27.7. The van der Waals surface area contributed by atoms with Gasteiger partial charge in [0.05, 0.1) is 5.60 Å². The molecule has 0 aliphatic carbocycles. The number of aliphatic carboxylic acids is 1. The number of benzene rings is 1. The zero-order valence-corrected chi connectivity index (χ0v) is 14.5. The fourth-order valence-corrected chi connectivity index (χ4v) is 2.06. The largest absolute Gasteiger partial charge is 0.480 e. The van der Waals surface area contributed by atoms with E-state index in [0.717, 1.165) is 5.56 Å². The Morgan fingerprint density at radius 2 is 1.96 bits per heavy atom. The van der Waals surface area contributed by atoms with E-state index >= 15 is 0 Å². The molecule has 1 heterocycles. The number of carbonyl (C=O) groups is 2. The summed E-state index contributed by atoms with van der Waals surface area (Å²) in [5.41, 5.74) is 0.390. The van der Waals surface area contributed by atoms with Crippen LogP contribution in [0.5, 0.6) is 0 Å². The number of ether oxygens (including phenoxy) is 1. The topological polar surface area (TPSA) is 102 Å². The van der Waals surface area contributed by atoms with Crippen molar-refractivity contribution in [2.75, 3.05) is 6.61 Å². The lowest BCUT2D eigenvalue weighted by molar-refractivity contribution is -0.140. The van der Waals surface area contributed by atoms with E-state index in [9.17, 15) is 14.7 Å². The summed E-state index contributed by atoms with van der Waals surface area (Å²) in [5.74, 6) is -1.43. The summed E-state index contributed by atoms with van der Waals surface area (Å²) in [6, 6.07) is 8.06. The lowest BCUT2D eigenvalue weighted by atomic mass is 10.1. The average molecular weight is 346 g/mol. The van der Waals surface area contributed by atoms with Crippen LogP contribution in [0, 0.1) is 0 Å². The molecule has 0 aliphatic rings. The van der Waals surface area contributed by atoms with E-state index in [0.29, 0.717) is 5.89 Å². The Hall–Kier alpha value is -2.67. The number of amides is 1. The minimum atomic E-state index is -1.13. The molecule has 7 heteroatoms. The molecule has 0 saturated heterocycles. The molecule has 25 heavy (non-hydrogen) atoms. The van der Waals surface area contributed by atoms with Crippen molar-refractivity contribution in [3.63, 3.8) is 0 Å². The number of carboxylic acids is 1. The standard InChI is InChI=1S/C18H22N2O5/c1-18(2,3)25-10-9-13(17(22)23)19-15(21)14-11-24-16(20-14)12-7-5-4-6-8-12/h4-8,11,13H,9-10H2,1-3H3,(H,19,21)(H,22,23). The normalized spacial score (nSPS) is 12.6. The third kappa shape index (κ3) is 5.72. The average Bonchev–Trinajstić information content (AvgIpc) is 3.03. The molecular formula is C18H22N2O5. The molecule has 0 bridgehead atoms. The molecule has 1 atom stereocenters. The highest BCUT2D eigenvalue weighted by Gasteiger charge is 2.23. The highest BCUT2D eigenvalue weighted by atomic mass is 16.5. The molecule has 0 fully saturated rings. The first-order valence-electron chi connectivity index (χ1n) is 7.95. The van der Waals surface area contributed by atoms with Gasteiger partial charge in [-0.25, -0.2) is 9.78 Å². The van der Waals surface area contributed by atoms with Crippen LogP contribution >= 0.6 is 0 Å². The molecule has 0 spiro atoms. The smallest absolute Gasteiger partial charge is 0.326 e. The van der Waals surface area contributed by atoms with E-state index in [1.807, 2.05) is 39.0 Å². The number of rotatable bonds is 7. The van der Waals surface area contributed by atoms with E-state index in [1.54, 1.807) is 12.1 Å². The Morgan fingerprint density at radius 3 is 2.56 bits per heavy atom. The first-order chi connectivity index (χ1) is 11.8. The van der Waals surface area contributed by atoms with E-state index in [1.165, 1.54) is 6.26 Å². The van der Waals surface area contributed by atoms with Crippen LogP contribution in [0.3, 0.4) is 0 Å².